The smallest absolute Gasteiger partial charge is 0.193 e. The minimum absolute atomic E-state index is 0.0185. The number of hydrogen-bond donors (Lipinski definition) is 0. The molecule has 0 aromatic heterocycles. The molecule has 4 nitrogen and oxygen atoms in total. The van der Waals surface area contributed by atoms with E-state index in [-0.39, 0.29) is 22.6 Å². The summed E-state index contributed by atoms with van der Waals surface area (Å²) >= 11 is 0. The van der Waals surface area contributed by atoms with Crippen LogP contribution in [0, 0.1) is 0 Å². The van der Waals surface area contributed by atoms with Gasteiger partial charge in [-0.05, 0) is 116 Å². The summed E-state index contributed by atoms with van der Waals surface area (Å²) < 4.78 is 12.1. The van der Waals surface area contributed by atoms with Crippen molar-refractivity contribution in [3.05, 3.63) is 125 Å². The summed E-state index contributed by atoms with van der Waals surface area (Å²) in [5.74, 6) is 1.91. The van der Waals surface area contributed by atoms with E-state index in [1.165, 1.54) is 5.56 Å². The highest BCUT2D eigenvalue weighted by molar-refractivity contribution is 6.09. The number of carbonyl (C=O) groups excluding carboxylic acids is 2. The quantitative estimate of drug-likeness (QED) is 0.152. The molecule has 4 aromatic carbocycles. The lowest BCUT2D eigenvalue weighted by Gasteiger charge is -2.28. The van der Waals surface area contributed by atoms with Crippen molar-refractivity contribution in [1.29, 1.82) is 0 Å². The van der Waals surface area contributed by atoms with E-state index in [0.29, 0.717) is 33.8 Å². The Morgan fingerprint density at radius 1 is 0.500 bits per heavy atom. The molecule has 0 spiro atoms. The van der Waals surface area contributed by atoms with Crippen LogP contribution in [0.15, 0.2) is 97.1 Å². The molecule has 0 atom stereocenters. The maximum atomic E-state index is 13.1. The Bertz CT molecular complexity index is 1470. The third kappa shape index (κ3) is 6.99. The largest absolute Gasteiger partial charge is 0.488 e. The van der Waals surface area contributed by atoms with Crippen LogP contribution in [-0.2, 0) is 5.41 Å². The first-order chi connectivity index (χ1) is 20.1. The zero-order valence-electron chi connectivity index (χ0n) is 25.7. The molecule has 0 amide bonds. The number of benzene rings is 4. The van der Waals surface area contributed by atoms with Crippen molar-refractivity contribution < 1.29 is 19.1 Å². The fourth-order valence-corrected chi connectivity index (χ4v) is 4.85. The van der Waals surface area contributed by atoms with Crippen LogP contribution in [0.25, 0.3) is 0 Å². The van der Waals surface area contributed by atoms with E-state index in [1.54, 1.807) is 60.7 Å². The fraction of sp³-hybridized carbons (Fsp3) is 0.316. The maximum Gasteiger partial charge on any atom is 0.193 e. The Balaban J connectivity index is 1.37. The van der Waals surface area contributed by atoms with Gasteiger partial charge in [-0.3, -0.25) is 9.59 Å². The molecule has 4 rings (SSSR count). The average Bonchev–Trinajstić information content (AvgIpc) is 3.04. The first-order valence-electron chi connectivity index (χ1n) is 15.0. The van der Waals surface area contributed by atoms with Crippen LogP contribution >= 0.6 is 0 Å². The monoisotopic (exact) mass is 562 g/mol. The molecule has 0 unspecified atom stereocenters. The zero-order valence-corrected chi connectivity index (χ0v) is 25.7. The Morgan fingerprint density at radius 3 is 1.17 bits per heavy atom. The van der Waals surface area contributed by atoms with Crippen molar-refractivity contribution in [1.82, 2.24) is 0 Å². The van der Waals surface area contributed by atoms with Crippen molar-refractivity contribution in [3.63, 3.8) is 0 Å². The van der Waals surface area contributed by atoms with E-state index in [0.717, 1.165) is 31.4 Å². The van der Waals surface area contributed by atoms with Crippen LogP contribution < -0.4 is 9.47 Å². The molecule has 0 aliphatic heterocycles. The van der Waals surface area contributed by atoms with Gasteiger partial charge in [-0.1, -0.05) is 58.9 Å². The highest BCUT2D eigenvalue weighted by Crippen LogP contribution is 2.31. The number of hydrogen-bond acceptors (Lipinski definition) is 4. The number of ketones is 2. The Labute approximate surface area is 250 Å². The predicted molar refractivity (Wildman–Crippen MR) is 170 cm³/mol. The predicted octanol–water partition coefficient (Wildman–Crippen LogP) is 9.98. The van der Waals surface area contributed by atoms with Crippen molar-refractivity contribution in [3.8, 4) is 17.2 Å². The van der Waals surface area contributed by atoms with Crippen LogP contribution in [0.2, 0.25) is 0 Å². The summed E-state index contributed by atoms with van der Waals surface area (Å²) in [5, 5.41) is 0. The van der Waals surface area contributed by atoms with Crippen molar-refractivity contribution in [2.75, 3.05) is 0 Å². The Kier molecular flexibility index (Phi) is 9.67. The van der Waals surface area contributed by atoms with E-state index in [9.17, 15) is 9.59 Å². The van der Waals surface area contributed by atoms with Gasteiger partial charge in [0.2, 0.25) is 0 Å². The van der Waals surface area contributed by atoms with Gasteiger partial charge >= 0.3 is 0 Å². The third-order valence-corrected chi connectivity index (χ3v) is 8.85. The molecule has 0 saturated heterocycles. The van der Waals surface area contributed by atoms with Gasteiger partial charge in [0.05, 0.1) is 0 Å². The average molecular weight is 563 g/mol. The lowest BCUT2D eigenvalue weighted by Crippen LogP contribution is -2.30. The molecule has 0 radical (unpaired) electrons. The van der Waals surface area contributed by atoms with Gasteiger partial charge < -0.3 is 9.47 Å². The normalized spacial score (nSPS) is 11.7. The molecule has 0 bridgehead atoms. The molecule has 0 aliphatic carbocycles. The summed E-state index contributed by atoms with van der Waals surface area (Å²) in [7, 11) is 0. The molecule has 0 fully saturated rings. The van der Waals surface area contributed by atoms with Crippen molar-refractivity contribution in [2.45, 2.75) is 78.2 Å². The molecule has 4 aromatic rings. The van der Waals surface area contributed by atoms with Gasteiger partial charge in [-0.25, -0.2) is 0 Å². The minimum Gasteiger partial charge on any atom is -0.488 e. The number of ether oxygens (including phenoxy) is 2. The van der Waals surface area contributed by atoms with E-state index < -0.39 is 0 Å². The molecule has 218 valence electrons. The molecule has 0 heterocycles. The summed E-state index contributed by atoms with van der Waals surface area (Å²) in [6.45, 7) is 13.0. The summed E-state index contributed by atoms with van der Waals surface area (Å²) in [6.07, 6.45) is 3.93. The summed E-state index contributed by atoms with van der Waals surface area (Å²) in [5.41, 5.74) is 3.63. The topological polar surface area (TPSA) is 52.6 Å². The van der Waals surface area contributed by atoms with Gasteiger partial charge in [0, 0.05) is 22.3 Å². The Hall–Kier alpha value is -4.18. The van der Waals surface area contributed by atoms with Crippen molar-refractivity contribution in [2.24, 2.45) is 0 Å². The van der Waals surface area contributed by atoms with Gasteiger partial charge in [0.15, 0.2) is 11.6 Å². The second-order valence-electron chi connectivity index (χ2n) is 11.4. The molecular formula is C38H42O4. The number of rotatable bonds is 13. The second kappa shape index (κ2) is 13.2. The van der Waals surface area contributed by atoms with Crippen LogP contribution in [0.4, 0.5) is 0 Å². The lowest BCUT2D eigenvalue weighted by molar-refractivity contribution is 0.0803. The zero-order chi connectivity index (χ0) is 30.3. The Morgan fingerprint density at radius 2 is 0.833 bits per heavy atom. The van der Waals surface area contributed by atoms with Crippen LogP contribution in [-0.4, -0.2) is 17.2 Å². The summed E-state index contributed by atoms with van der Waals surface area (Å²) in [6, 6.07) is 29.5. The lowest BCUT2D eigenvalue weighted by atomic mass is 9.77. The van der Waals surface area contributed by atoms with Gasteiger partial charge in [0.1, 0.15) is 22.8 Å². The van der Waals surface area contributed by atoms with Crippen LogP contribution in [0.3, 0.4) is 0 Å². The highest BCUT2D eigenvalue weighted by atomic mass is 16.5. The fourth-order valence-electron chi connectivity index (χ4n) is 4.85. The van der Waals surface area contributed by atoms with Gasteiger partial charge in [-0.2, -0.15) is 0 Å². The minimum atomic E-state index is -0.213. The second-order valence-corrected chi connectivity index (χ2v) is 11.4. The maximum absolute atomic E-state index is 13.1. The molecule has 42 heavy (non-hydrogen) atoms. The molecule has 0 N–H and O–H groups in total. The molecule has 4 heteroatoms. The van der Waals surface area contributed by atoms with Gasteiger partial charge in [-0.15, -0.1) is 0 Å². The molecular weight excluding hydrogens is 520 g/mol. The van der Waals surface area contributed by atoms with Gasteiger partial charge in [0.25, 0.3) is 0 Å². The standard InChI is InChI=1S/C38H42O4/c1-7-37(5,8-2)31-19-11-27(12-20-31)35(39)28-13-21-32(22-14-28)41-33-23-15-29(16-24-33)36(40)30-17-25-34(26-18-30)42-38(6,9-3)10-4/h11-26H,7-10H2,1-6H3. The van der Waals surface area contributed by atoms with Crippen LogP contribution in [0.5, 0.6) is 17.2 Å². The first-order valence-corrected chi connectivity index (χ1v) is 15.0. The van der Waals surface area contributed by atoms with Crippen LogP contribution in [0.1, 0.15) is 105 Å². The molecule has 0 saturated carbocycles. The molecule has 0 aliphatic rings. The van der Waals surface area contributed by atoms with E-state index in [2.05, 4.69) is 53.7 Å². The number of carbonyl (C=O) groups is 2. The van der Waals surface area contributed by atoms with Crippen molar-refractivity contribution >= 4 is 11.6 Å². The SMILES string of the molecule is CCC(C)(CC)Oc1ccc(C(=O)c2ccc(Oc3ccc(C(=O)c4ccc(C(C)(CC)CC)cc4)cc3)cc2)cc1. The van der Waals surface area contributed by atoms with E-state index >= 15 is 0 Å². The first kappa shape index (κ1) is 30.8. The summed E-state index contributed by atoms with van der Waals surface area (Å²) in [4.78, 5) is 26.1. The highest BCUT2D eigenvalue weighted by Gasteiger charge is 2.23. The van der Waals surface area contributed by atoms with E-state index in [4.69, 9.17) is 9.47 Å². The third-order valence-electron chi connectivity index (χ3n) is 8.85. The van der Waals surface area contributed by atoms with E-state index in [1.807, 2.05) is 24.3 Å².